The molecule has 0 radical (unpaired) electrons. The number of nitrogens with zero attached hydrogens (tertiary/aromatic N) is 3. The molecule has 17 heteroatoms. The molecule has 4 aliphatic heterocycles. The molecule has 0 amide bonds. The van der Waals surface area contributed by atoms with Crippen LogP contribution in [0.15, 0.2) is 5.16 Å². The lowest BCUT2D eigenvalue weighted by Crippen LogP contribution is -2.61. The molecule has 0 saturated carbocycles. The molecular weight excluding hydrogens is 843 g/mol. The van der Waals surface area contributed by atoms with Crippen LogP contribution < -0.4 is 0 Å². The van der Waals surface area contributed by atoms with Crippen LogP contribution in [-0.4, -0.2) is 196 Å². The van der Waals surface area contributed by atoms with Gasteiger partial charge in [-0.3, -0.25) is 4.79 Å². The van der Waals surface area contributed by atoms with E-state index in [2.05, 4.69) is 10.1 Å². The number of esters is 1. The molecule has 0 bridgehead atoms. The number of hydrogen-bond acceptors (Lipinski definition) is 17. The molecule has 0 aromatic carbocycles. The molecule has 4 saturated heterocycles. The number of rotatable bonds is 16. The summed E-state index contributed by atoms with van der Waals surface area (Å²) in [5.74, 6) is -3.50. The van der Waals surface area contributed by atoms with E-state index < -0.39 is 102 Å². The second-order valence-electron chi connectivity index (χ2n) is 20.7. The average Bonchev–Trinajstić information content (AvgIpc) is 3.77. The van der Waals surface area contributed by atoms with Gasteiger partial charge in [0.2, 0.25) is 0 Å². The van der Waals surface area contributed by atoms with Gasteiger partial charge in [-0.2, -0.15) is 0 Å². The molecule has 0 aromatic heterocycles. The predicted octanol–water partition coefficient (Wildman–Crippen LogP) is 4.40. The Bertz CT molecular complexity index is 1480. The quantitative estimate of drug-likeness (QED) is 0.112. The summed E-state index contributed by atoms with van der Waals surface area (Å²) < 4.78 is 58.3. The smallest absolute Gasteiger partial charge is 0.311 e. The van der Waals surface area contributed by atoms with E-state index in [1.54, 1.807) is 35.0 Å². The number of likely N-dealkylation sites (N-methyl/N-ethyl adjacent to an activating group) is 1. The van der Waals surface area contributed by atoms with Crippen LogP contribution in [0.4, 0.5) is 0 Å². The molecule has 0 aliphatic carbocycles. The highest BCUT2D eigenvalue weighted by atomic mass is 16.7. The van der Waals surface area contributed by atoms with Crippen molar-refractivity contribution in [2.75, 3.05) is 68.8 Å². The maximum atomic E-state index is 14.7. The van der Waals surface area contributed by atoms with Crippen molar-refractivity contribution in [2.24, 2.45) is 28.8 Å². The van der Waals surface area contributed by atoms with Gasteiger partial charge in [0.1, 0.15) is 30.5 Å². The first-order valence-corrected chi connectivity index (χ1v) is 24.2. The van der Waals surface area contributed by atoms with E-state index in [0.717, 1.165) is 25.8 Å². The van der Waals surface area contributed by atoms with Gasteiger partial charge >= 0.3 is 5.97 Å². The number of aliphatic hydroxyl groups excluding tert-OH is 2. The molecule has 4 rings (SSSR count). The zero-order valence-electron chi connectivity index (χ0n) is 42.7. The SMILES string of the molecule is CC[C@H]1OC(=O)[C@H](C)[C@@H](OC2CC(C)(OC)C(OCCCN(C)C)C(C)O2)[C@H](C)[C@@H](OC2OC(C)CC(N(C)C)C2O)[C@](C)(OC)C[C@@H](C)C(=NOCC2CCCO2)[C@H](C)[C@@H](O)[C@]1(C)O. The second kappa shape index (κ2) is 24.3. The minimum atomic E-state index is -1.90. The largest absolute Gasteiger partial charge is 0.459 e. The number of hydrogen-bond donors (Lipinski definition) is 3. The van der Waals surface area contributed by atoms with Gasteiger partial charge in [0, 0.05) is 57.6 Å². The standard InChI is InChI=1S/C48H89N3O14/c1-17-36-48(10,55)41(53)30(4)38(49-60-27-34-20-18-22-58-34)28(2)25-46(8,56-15)42(65-45-39(52)35(51(13)14)24-29(3)61-45)31(5)40(32(6)44(54)63-36)64-37-26-47(9,57-16)43(33(7)62-37)59-23-19-21-50(11)12/h28-37,39-43,45,52-53,55H,17-27H2,1-16H3/t28-,29?,30+,31+,32-,33?,34?,35?,36-,37?,39?,40+,41-,42-,43?,45?,46-,47?,48-/m1/s1. The van der Waals surface area contributed by atoms with Crippen LogP contribution in [-0.2, 0) is 52.3 Å². The van der Waals surface area contributed by atoms with Crippen molar-refractivity contribution in [3.8, 4) is 0 Å². The van der Waals surface area contributed by atoms with E-state index >= 15 is 0 Å². The van der Waals surface area contributed by atoms with Crippen LogP contribution >= 0.6 is 0 Å². The van der Waals surface area contributed by atoms with E-state index in [0.29, 0.717) is 25.3 Å². The van der Waals surface area contributed by atoms with Crippen molar-refractivity contribution >= 4 is 11.7 Å². The summed E-state index contributed by atoms with van der Waals surface area (Å²) in [5, 5.41) is 40.8. The number of aliphatic hydroxyl groups is 3. The Morgan fingerprint density at radius 2 is 1.55 bits per heavy atom. The number of oxime groups is 1. The van der Waals surface area contributed by atoms with Gasteiger partial charge in [-0.25, -0.2) is 0 Å². The predicted molar refractivity (Wildman–Crippen MR) is 245 cm³/mol. The van der Waals surface area contributed by atoms with Crippen molar-refractivity contribution < 1.29 is 67.6 Å². The highest BCUT2D eigenvalue weighted by Crippen LogP contribution is 2.42. The third-order valence-electron chi connectivity index (χ3n) is 14.8. The molecule has 380 valence electrons. The Morgan fingerprint density at radius 3 is 2.14 bits per heavy atom. The molecule has 19 atom stereocenters. The summed E-state index contributed by atoms with van der Waals surface area (Å²) in [6.45, 7) is 20.8. The van der Waals surface area contributed by atoms with Gasteiger partial charge in [0.05, 0.1) is 59.5 Å². The van der Waals surface area contributed by atoms with Crippen LogP contribution in [0.25, 0.3) is 0 Å². The lowest BCUT2D eigenvalue weighted by Gasteiger charge is -2.50. The van der Waals surface area contributed by atoms with Crippen LogP contribution in [0.1, 0.15) is 114 Å². The van der Waals surface area contributed by atoms with Gasteiger partial charge in [-0.05, 0) is 115 Å². The van der Waals surface area contributed by atoms with Gasteiger partial charge in [0.15, 0.2) is 12.6 Å². The number of methoxy groups -OCH3 is 2. The zero-order valence-corrected chi connectivity index (χ0v) is 42.7. The van der Waals surface area contributed by atoms with Crippen LogP contribution in [0, 0.1) is 23.7 Å². The number of cyclic esters (lactones) is 1. The van der Waals surface area contributed by atoms with Crippen LogP contribution in [0.3, 0.4) is 0 Å². The number of ether oxygens (including phenoxy) is 9. The van der Waals surface area contributed by atoms with Crippen LogP contribution in [0.5, 0.6) is 0 Å². The lowest BCUT2D eigenvalue weighted by molar-refractivity contribution is -0.322. The fourth-order valence-corrected chi connectivity index (χ4v) is 10.6. The van der Waals surface area contributed by atoms with Crippen LogP contribution in [0.2, 0.25) is 0 Å². The summed E-state index contributed by atoms with van der Waals surface area (Å²) in [6.07, 6.45) is -4.68. The van der Waals surface area contributed by atoms with Gasteiger partial charge in [-0.1, -0.05) is 32.9 Å². The Hall–Kier alpha value is -1.58. The lowest BCUT2D eigenvalue weighted by atomic mass is 9.73. The van der Waals surface area contributed by atoms with Crippen molar-refractivity contribution in [1.82, 2.24) is 9.80 Å². The van der Waals surface area contributed by atoms with Gasteiger partial charge in [-0.15, -0.1) is 0 Å². The van der Waals surface area contributed by atoms with E-state index in [1.165, 1.54) is 6.92 Å². The van der Waals surface area contributed by atoms with Gasteiger partial charge < -0.3 is 72.6 Å². The molecule has 0 spiro atoms. The first-order chi connectivity index (χ1) is 30.4. The average molecular weight is 932 g/mol. The fraction of sp³-hybridized carbons (Fsp3) is 0.958. The Balaban J connectivity index is 1.85. The highest BCUT2D eigenvalue weighted by molar-refractivity contribution is 5.88. The molecular formula is C48H89N3O14. The summed E-state index contributed by atoms with van der Waals surface area (Å²) in [6, 6.07) is -0.269. The fourth-order valence-electron chi connectivity index (χ4n) is 10.6. The molecule has 0 aromatic rings. The molecule has 65 heavy (non-hydrogen) atoms. The van der Waals surface area contributed by atoms with Gasteiger partial charge in [0.25, 0.3) is 0 Å². The zero-order chi connectivity index (χ0) is 48.6. The topological polar surface area (TPSA) is 189 Å². The maximum Gasteiger partial charge on any atom is 0.311 e. The molecule has 3 N–H and O–H groups in total. The molecule has 9 unspecified atom stereocenters. The Morgan fingerprint density at radius 1 is 0.892 bits per heavy atom. The number of carbonyl (C=O) groups excluding carboxylic acids is 1. The minimum Gasteiger partial charge on any atom is -0.459 e. The summed E-state index contributed by atoms with van der Waals surface area (Å²) >= 11 is 0. The van der Waals surface area contributed by atoms with Crippen molar-refractivity contribution in [1.29, 1.82) is 0 Å². The molecule has 4 fully saturated rings. The van der Waals surface area contributed by atoms with E-state index in [4.69, 9.17) is 47.5 Å². The first kappa shape index (κ1) is 56.0. The van der Waals surface area contributed by atoms with E-state index in [-0.39, 0.29) is 44.1 Å². The minimum absolute atomic E-state index is 0.109. The third-order valence-corrected chi connectivity index (χ3v) is 14.8. The maximum absolute atomic E-state index is 14.7. The third kappa shape index (κ3) is 13.8. The molecule has 4 aliphatic rings. The monoisotopic (exact) mass is 932 g/mol. The van der Waals surface area contributed by atoms with Crippen molar-refractivity contribution in [3.63, 3.8) is 0 Å². The first-order valence-electron chi connectivity index (χ1n) is 24.2. The normalized spacial score (nSPS) is 44.6. The highest BCUT2D eigenvalue weighted by Gasteiger charge is 2.54. The number of carbonyl (C=O) groups is 1. The second-order valence-corrected chi connectivity index (χ2v) is 20.7. The summed E-state index contributed by atoms with van der Waals surface area (Å²) in [7, 11) is 11.1. The molecule has 4 heterocycles. The Kier molecular flexibility index (Phi) is 20.9. The summed E-state index contributed by atoms with van der Waals surface area (Å²) in [5.41, 5.74) is -3.44. The van der Waals surface area contributed by atoms with E-state index in [1.807, 2.05) is 74.6 Å². The Labute approximate surface area is 390 Å². The molecule has 17 nitrogen and oxygen atoms in total. The van der Waals surface area contributed by atoms with Crippen molar-refractivity contribution in [3.05, 3.63) is 0 Å². The van der Waals surface area contributed by atoms with E-state index in [9.17, 15) is 20.1 Å². The van der Waals surface area contributed by atoms with Crippen molar-refractivity contribution in [2.45, 2.75) is 205 Å². The summed E-state index contributed by atoms with van der Waals surface area (Å²) in [4.78, 5) is 24.7.